The molecule has 0 fully saturated rings. The van der Waals surface area contributed by atoms with Crippen LogP contribution in [0.4, 0.5) is 5.69 Å². The minimum atomic E-state index is -2.60. The van der Waals surface area contributed by atoms with E-state index in [4.69, 9.17) is 13.3 Å². The summed E-state index contributed by atoms with van der Waals surface area (Å²) in [6.45, 7) is 7.62. The fraction of sp³-hybridized carbons (Fsp3) is 0.500. The molecule has 0 saturated carbocycles. The molecule has 0 aliphatic heterocycles. The van der Waals surface area contributed by atoms with Crippen molar-refractivity contribution in [3.05, 3.63) is 30.3 Å². The molecule has 19 heavy (non-hydrogen) atoms. The molecule has 0 aromatic heterocycles. The zero-order valence-electron chi connectivity index (χ0n) is 12.0. The Balaban J connectivity index is 2.68. The Kier molecular flexibility index (Phi) is 7.58. The molecule has 0 saturated heterocycles. The van der Waals surface area contributed by atoms with E-state index in [1.54, 1.807) is 0 Å². The zero-order valence-corrected chi connectivity index (χ0v) is 13.0. The summed E-state index contributed by atoms with van der Waals surface area (Å²) in [4.78, 5) is 4.41. The van der Waals surface area contributed by atoms with Crippen molar-refractivity contribution in [1.29, 1.82) is 0 Å². The highest BCUT2D eigenvalue weighted by Crippen LogP contribution is 2.16. The summed E-state index contributed by atoms with van der Waals surface area (Å²) < 4.78 is 17.3. The Morgan fingerprint density at radius 1 is 0.947 bits per heavy atom. The lowest BCUT2D eigenvalue weighted by Gasteiger charge is -2.27. The van der Waals surface area contributed by atoms with Crippen molar-refractivity contribution >= 4 is 20.7 Å². The topological polar surface area (TPSA) is 40.0 Å². The highest BCUT2D eigenvalue weighted by atomic mass is 28.4. The van der Waals surface area contributed by atoms with E-state index >= 15 is 0 Å². The lowest BCUT2D eigenvalue weighted by molar-refractivity contribution is 0.0756. The minimum absolute atomic E-state index is 0.589. The number of para-hydroxylation sites is 1. The Bertz CT molecular complexity index is 353. The molecule has 0 radical (unpaired) electrons. The molecule has 1 aromatic carbocycles. The van der Waals surface area contributed by atoms with Crippen LogP contribution in [0, 0.1) is 0 Å². The van der Waals surface area contributed by atoms with Crippen molar-refractivity contribution in [2.45, 2.75) is 26.8 Å². The summed E-state index contributed by atoms with van der Waals surface area (Å²) in [5, 5.41) is 0. The lowest BCUT2D eigenvalue weighted by atomic mass is 10.3. The zero-order chi connectivity index (χ0) is 14.0. The van der Waals surface area contributed by atoms with Gasteiger partial charge in [0.05, 0.1) is 11.7 Å². The van der Waals surface area contributed by atoms with E-state index in [9.17, 15) is 0 Å². The van der Waals surface area contributed by atoms with Gasteiger partial charge in [0.25, 0.3) is 0 Å². The molecule has 106 valence electrons. The second-order valence-corrected chi connectivity index (χ2v) is 6.47. The molecule has 5 heteroatoms. The van der Waals surface area contributed by atoms with E-state index < -0.39 is 8.80 Å². The van der Waals surface area contributed by atoms with Gasteiger partial charge in [-0.2, -0.15) is 0 Å². The average Bonchev–Trinajstić information content (AvgIpc) is 2.41. The Hall–Kier alpha value is -1.01. The SMILES string of the molecule is CCO[Si](CC=Nc1ccccc1)(OCC)OCC. The fourth-order valence-corrected chi connectivity index (χ4v) is 3.98. The van der Waals surface area contributed by atoms with Gasteiger partial charge in [0.2, 0.25) is 0 Å². The first kappa shape index (κ1) is 16.0. The van der Waals surface area contributed by atoms with Gasteiger partial charge < -0.3 is 13.3 Å². The maximum absolute atomic E-state index is 5.75. The van der Waals surface area contributed by atoms with E-state index in [2.05, 4.69) is 4.99 Å². The van der Waals surface area contributed by atoms with E-state index in [-0.39, 0.29) is 0 Å². The van der Waals surface area contributed by atoms with Gasteiger partial charge in [0.1, 0.15) is 0 Å². The molecule has 0 N–H and O–H groups in total. The Labute approximate surface area is 116 Å². The van der Waals surface area contributed by atoms with Crippen LogP contribution < -0.4 is 0 Å². The number of aliphatic imine (C=N–C) groups is 1. The summed E-state index contributed by atoms with van der Waals surface area (Å²) in [6.07, 6.45) is 1.84. The number of hydrogen-bond acceptors (Lipinski definition) is 4. The molecule has 0 heterocycles. The van der Waals surface area contributed by atoms with Gasteiger partial charge in [0.15, 0.2) is 0 Å². The normalized spacial score (nSPS) is 12.2. The maximum atomic E-state index is 5.75. The number of nitrogens with zero attached hydrogens (tertiary/aromatic N) is 1. The van der Waals surface area contributed by atoms with Crippen molar-refractivity contribution in [2.75, 3.05) is 19.8 Å². The fourth-order valence-electron chi connectivity index (χ4n) is 1.74. The van der Waals surface area contributed by atoms with Gasteiger partial charge in [-0.1, -0.05) is 18.2 Å². The number of benzene rings is 1. The second kappa shape index (κ2) is 8.98. The first-order valence-electron chi connectivity index (χ1n) is 6.75. The van der Waals surface area contributed by atoms with Crippen LogP contribution in [0.5, 0.6) is 0 Å². The minimum Gasteiger partial charge on any atom is -0.374 e. The number of rotatable bonds is 9. The molecule has 0 unspecified atom stereocenters. The third-order valence-corrected chi connectivity index (χ3v) is 5.30. The highest BCUT2D eigenvalue weighted by molar-refractivity contribution is 6.63. The largest absolute Gasteiger partial charge is 0.506 e. The first-order chi connectivity index (χ1) is 9.26. The molecule has 1 rings (SSSR count). The summed E-state index contributed by atoms with van der Waals surface area (Å²) in [6, 6.07) is 10.4. The summed E-state index contributed by atoms with van der Waals surface area (Å²) in [7, 11) is -2.60. The van der Waals surface area contributed by atoms with Gasteiger partial charge in [-0.05, 0) is 32.9 Å². The van der Waals surface area contributed by atoms with Crippen LogP contribution in [0.3, 0.4) is 0 Å². The van der Waals surface area contributed by atoms with E-state index in [0.717, 1.165) is 5.69 Å². The quantitative estimate of drug-likeness (QED) is 0.514. The molecule has 0 aliphatic rings. The second-order valence-electron chi connectivity index (χ2n) is 3.83. The Morgan fingerprint density at radius 3 is 1.95 bits per heavy atom. The van der Waals surface area contributed by atoms with Gasteiger partial charge in [-0.15, -0.1) is 0 Å². The van der Waals surface area contributed by atoms with E-state index in [1.807, 2.05) is 57.3 Å². The van der Waals surface area contributed by atoms with Crippen molar-refractivity contribution in [1.82, 2.24) is 0 Å². The third-order valence-electron chi connectivity index (χ3n) is 2.43. The van der Waals surface area contributed by atoms with Crippen LogP contribution in [0.15, 0.2) is 35.3 Å². The summed E-state index contributed by atoms with van der Waals surface area (Å²) in [5.74, 6) is 0. The lowest BCUT2D eigenvalue weighted by Crippen LogP contribution is -2.46. The molecule has 0 amide bonds. The van der Waals surface area contributed by atoms with Gasteiger partial charge >= 0.3 is 8.80 Å². The summed E-state index contributed by atoms with van der Waals surface area (Å²) >= 11 is 0. The van der Waals surface area contributed by atoms with Crippen molar-refractivity contribution in [2.24, 2.45) is 4.99 Å². The van der Waals surface area contributed by atoms with E-state index in [1.165, 1.54) is 0 Å². The highest BCUT2D eigenvalue weighted by Gasteiger charge is 2.39. The predicted octanol–water partition coefficient (Wildman–Crippen LogP) is 3.44. The summed E-state index contributed by atoms with van der Waals surface area (Å²) in [5.41, 5.74) is 0.926. The molecular weight excluding hydrogens is 258 g/mol. The molecule has 0 aliphatic carbocycles. The van der Waals surface area contributed by atoms with Crippen LogP contribution in [-0.4, -0.2) is 34.8 Å². The van der Waals surface area contributed by atoms with Gasteiger partial charge in [-0.25, -0.2) is 0 Å². The number of hydrogen-bond donors (Lipinski definition) is 0. The van der Waals surface area contributed by atoms with E-state index in [0.29, 0.717) is 25.9 Å². The molecule has 1 aromatic rings. The smallest absolute Gasteiger partial charge is 0.374 e. The van der Waals surface area contributed by atoms with Gasteiger partial charge in [0, 0.05) is 26.0 Å². The van der Waals surface area contributed by atoms with Crippen molar-refractivity contribution in [3.63, 3.8) is 0 Å². The van der Waals surface area contributed by atoms with Crippen LogP contribution in [0.1, 0.15) is 20.8 Å². The van der Waals surface area contributed by atoms with Crippen LogP contribution in [-0.2, 0) is 13.3 Å². The van der Waals surface area contributed by atoms with Crippen LogP contribution in [0.2, 0.25) is 6.04 Å². The predicted molar refractivity (Wildman–Crippen MR) is 80.0 cm³/mol. The molecule has 4 nitrogen and oxygen atoms in total. The standard InChI is InChI=1S/C14H23NO3Si/c1-4-16-19(17-5-2,18-6-3)13-12-15-14-10-8-7-9-11-14/h7-12H,4-6,13H2,1-3H3. The molecule has 0 spiro atoms. The average molecular weight is 281 g/mol. The monoisotopic (exact) mass is 281 g/mol. The molecule has 0 bridgehead atoms. The van der Waals surface area contributed by atoms with Gasteiger partial charge in [-0.3, -0.25) is 4.99 Å². The maximum Gasteiger partial charge on any atom is 0.506 e. The molecular formula is C14H23NO3Si. The van der Waals surface area contributed by atoms with Crippen molar-refractivity contribution in [3.8, 4) is 0 Å². The van der Waals surface area contributed by atoms with Crippen LogP contribution in [0.25, 0.3) is 0 Å². The Morgan fingerprint density at radius 2 is 1.47 bits per heavy atom. The third kappa shape index (κ3) is 5.65. The van der Waals surface area contributed by atoms with Crippen LogP contribution >= 0.6 is 0 Å². The van der Waals surface area contributed by atoms with Crippen molar-refractivity contribution < 1.29 is 13.3 Å². The molecule has 0 atom stereocenters. The first-order valence-corrected chi connectivity index (χ1v) is 8.69.